The van der Waals surface area contributed by atoms with Gasteiger partial charge >= 0.3 is 0 Å². The Hall–Kier alpha value is -1.68. The van der Waals surface area contributed by atoms with Gasteiger partial charge in [0.05, 0.1) is 6.10 Å². The number of carbonyl (C=O) groups excluding carboxylic acids is 2. The number of aliphatic hydroxyl groups is 1. The normalized spacial score (nSPS) is 20.3. The predicted octanol–water partition coefficient (Wildman–Crippen LogP) is 2.87. The van der Waals surface area contributed by atoms with Gasteiger partial charge in [-0.2, -0.15) is 0 Å². The van der Waals surface area contributed by atoms with Crippen LogP contribution in [0.15, 0.2) is 36.0 Å². The van der Waals surface area contributed by atoms with Crippen molar-refractivity contribution in [1.29, 1.82) is 0 Å². The van der Waals surface area contributed by atoms with E-state index >= 15 is 0 Å². The molecular weight excluding hydrogens is 304 g/mol. The van der Waals surface area contributed by atoms with Crippen LogP contribution in [0.2, 0.25) is 0 Å². The zero-order valence-electron chi connectivity index (χ0n) is 14.6. The first-order chi connectivity index (χ1) is 11.5. The summed E-state index contributed by atoms with van der Waals surface area (Å²) in [6.45, 7) is 2.13. The number of hydrogen-bond acceptors (Lipinski definition) is 4. The van der Waals surface area contributed by atoms with E-state index in [1.54, 1.807) is 6.08 Å². The molecule has 0 heterocycles. The molecule has 0 aliphatic heterocycles. The van der Waals surface area contributed by atoms with E-state index in [9.17, 15) is 19.8 Å². The summed E-state index contributed by atoms with van der Waals surface area (Å²) < 4.78 is 0. The number of rotatable bonds is 12. The zero-order chi connectivity index (χ0) is 17.8. The lowest BCUT2D eigenvalue weighted by Crippen LogP contribution is -2.21. The number of allylic oxidation sites excluding steroid dienone is 5. The summed E-state index contributed by atoms with van der Waals surface area (Å²) in [4.78, 5) is 22.3. The molecule has 0 bridgehead atoms. The number of hydrogen-bond donors (Lipinski definition) is 1. The highest BCUT2D eigenvalue weighted by Crippen LogP contribution is 2.26. The van der Waals surface area contributed by atoms with Crippen LogP contribution in [-0.2, 0) is 9.59 Å². The largest absolute Gasteiger partial charge is 0.550 e. The molecule has 0 fully saturated rings. The van der Waals surface area contributed by atoms with E-state index in [2.05, 4.69) is 6.92 Å². The highest BCUT2D eigenvalue weighted by molar-refractivity contribution is 6.07. The van der Waals surface area contributed by atoms with Crippen molar-refractivity contribution in [2.24, 2.45) is 5.92 Å². The van der Waals surface area contributed by atoms with Crippen LogP contribution in [0.25, 0.3) is 0 Å². The van der Waals surface area contributed by atoms with Gasteiger partial charge in [0.2, 0.25) is 0 Å². The molecule has 0 saturated carbocycles. The molecule has 0 aromatic carbocycles. The lowest BCUT2D eigenvalue weighted by atomic mass is 9.95. The molecule has 0 aromatic heterocycles. The average molecular weight is 333 g/mol. The molecule has 0 unspecified atom stereocenters. The molecule has 0 amide bonds. The molecule has 1 rings (SSSR count). The van der Waals surface area contributed by atoms with Gasteiger partial charge in [-0.1, -0.05) is 50.5 Å². The molecule has 4 nitrogen and oxygen atoms in total. The summed E-state index contributed by atoms with van der Waals surface area (Å²) in [6, 6.07) is 0. The van der Waals surface area contributed by atoms with E-state index in [4.69, 9.17) is 0 Å². The number of aliphatic hydroxyl groups excluding tert-OH is 1. The van der Waals surface area contributed by atoms with Crippen LogP contribution in [-0.4, -0.2) is 23.0 Å². The van der Waals surface area contributed by atoms with E-state index < -0.39 is 5.97 Å². The van der Waals surface area contributed by atoms with E-state index in [-0.39, 0.29) is 24.2 Å². The minimum atomic E-state index is -1.02. The molecule has 0 radical (unpaired) electrons. The van der Waals surface area contributed by atoms with Gasteiger partial charge in [-0.05, 0) is 44.6 Å². The highest BCUT2D eigenvalue weighted by atomic mass is 16.4. The minimum Gasteiger partial charge on any atom is -0.550 e. The van der Waals surface area contributed by atoms with Crippen LogP contribution in [0.4, 0.5) is 0 Å². The molecule has 0 spiro atoms. The summed E-state index contributed by atoms with van der Waals surface area (Å²) >= 11 is 0. The Morgan fingerprint density at radius 2 is 2.12 bits per heavy atom. The van der Waals surface area contributed by atoms with E-state index in [1.807, 2.05) is 24.3 Å². The molecule has 4 heteroatoms. The van der Waals surface area contributed by atoms with E-state index in [1.165, 1.54) is 0 Å². The first kappa shape index (κ1) is 20.4. The third kappa shape index (κ3) is 8.25. The fourth-order valence-corrected chi connectivity index (χ4v) is 2.78. The Morgan fingerprint density at radius 3 is 2.83 bits per heavy atom. The average Bonchev–Trinajstić information content (AvgIpc) is 2.89. The van der Waals surface area contributed by atoms with Crippen LogP contribution in [0.1, 0.15) is 64.7 Å². The van der Waals surface area contributed by atoms with Crippen LogP contribution in [0.5, 0.6) is 0 Å². The molecule has 0 aromatic rings. The highest BCUT2D eigenvalue weighted by Gasteiger charge is 2.21. The topological polar surface area (TPSA) is 77.4 Å². The number of carboxylic acids is 1. The third-order valence-electron chi connectivity index (χ3n) is 4.22. The summed E-state index contributed by atoms with van der Waals surface area (Å²) in [5.41, 5.74) is 0.768. The number of carbonyl (C=O) groups is 2. The van der Waals surface area contributed by atoms with Crippen molar-refractivity contribution in [3.05, 3.63) is 36.0 Å². The summed E-state index contributed by atoms with van der Waals surface area (Å²) in [5, 5.41) is 20.3. The zero-order valence-corrected chi connectivity index (χ0v) is 14.6. The van der Waals surface area contributed by atoms with Crippen LogP contribution in [0, 0.1) is 5.92 Å². The number of carboxylic acid groups (broad SMARTS) is 1. The second-order valence-corrected chi connectivity index (χ2v) is 6.35. The SMILES string of the molecule is CCCCC[C@H](O)C/C=C1/C(=O)C=C[C@@H]1C/C=C\CCCC(=O)[O-]. The Kier molecular flexibility index (Phi) is 10.0. The Labute approximate surface area is 145 Å². The molecule has 24 heavy (non-hydrogen) atoms. The van der Waals surface area contributed by atoms with Gasteiger partial charge < -0.3 is 15.0 Å². The molecule has 1 N–H and O–H groups in total. The third-order valence-corrected chi connectivity index (χ3v) is 4.22. The van der Waals surface area contributed by atoms with Crippen molar-refractivity contribution in [3.63, 3.8) is 0 Å². The fourth-order valence-electron chi connectivity index (χ4n) is 2.78. The van der Waals surface area contributed by atoms with E-state index in [0.29, 0.717) is 19.3 Å². The standard InChI is InChI=1S/C20H30O4/c1-2-3-6-10-17(21)13-14-18-16(12-15-19(18)22)9-7-4-5-8-11-20(23)24/h4,7,12,14-17,21H,2-3,5-6,8-11,13H2,1H3,(H,23,24)/p-1/b7-4-,18-14+/t16-,17-/m0/s1. The van der Waals surface area contributed by atoms with Crippen molar-refractivity contribution in [2.75, 3.05) is 0 Å². The number of unbranched alkanes of at least 4 members (excludes halogenated alkanes) is 3. The van der Waals surface area contributed by atoms with Crippen LogP contribution < -0.4 is 5.11 Å². The minimum absolute atomic E-state index is 0.0334. The van der Waals surface area contributed by atoms with Crippen molar-refractivity contribution in [2.45, 2.75) is 70.8 Å². The summed E-state index contributed by atoms with van der Waals surface area (Å²) in [6.07, 6.45) is 15.6. The molecule has 1 aliphatic rings. The Morgan fingerprint density at radius 1 is 1.33 bits per heavy atom. The second-order valence-electron chi connectivity index (χ2n) is 6.35. The quantitative estimate of drug-likeness (QED) is 0.338. The molecule has 0 saturated heterocycles. The maximum atomic E-state index is 11.9. The van der Waals surface area contributed by atoms with Crippen molar-refractivity contribution in [3.8, 4) is 0 Å². The van der Waals surface area contributed by atoms with Crippen LogP contribution >= 0.6 is 0 Å². The van der Waals surface area contributed by atoms with Gasteiger partial charge in [-0.15, -0.1) is 0 Å². The van der Waals surface area contributed by atoms with Crippen molar-refractivity contribution in [1.82, 2.24) is 0 Å². The van der Waals surface area contributed by atoms with Gasteiger partial charge in [0.25, 0.3) is 0 Å². The van der Waals surface area contributed by atoms with Gasteiger partial charge in [-0.3, -0.25) is 4.79 Å². The lowest BCUT2D eigenvalue weighted by Gasteiger charge is -2.11. The smallest absolute Gasteiger partial charge is 0.181 e. The van der Waals surface area contributed by atoms with Gasteiger partial charge in [0.15, 0.2) is 5.78 Å². The molecule has 1 aliphatic carbocycles. The number of aliphatic carboxylic acids is 1. The summed E-state index contributed by atoms with van der Waals surface area (Å²) in [7, 11) is 0. The fraction of sp³-hybridized carbons (Fsp3) is 0.600. The monoisotopic (exact) mass is 333 g/mol. The Bertz CT molecular complexity index is 488. The first-order valence-electron chi connectivity index (χ1n) is 9.00. The second kappa shape index (κ2) is 11.8. The molecule has 2 atom stereocenters. The van der Waals surface area contributed by atoms with Gasteiger partial charge in [-0.25, -0.2) is 0 Å². The van der Waals surface area contributed by atoms with E-state index in [0.717, 1.165) is 37.7 Å². The van der Waals surface area contributed by atoms with Gasteiger partial charge in [0, 0.05) is 17.5 Å². The number of ketones is 1. The first-order valence-corrected chi connectivity index (χ1v) is 9.00. The Balaban J connectivity index is 2.39. The van der Waals surface area contributed by atoms with Crippen LogP contribution in [0.3, 0.4) is 0 Å². The maximum absolute atomic E-state index is 11.9. The predicted molar refractivity (Wildman–Crippen MR) is 93.1 cm³/mol. The van der Waals surface area contributed by atoms with Gasteiger partial charge in [0.1, 0.15) is 0 Å². The molecule has 134 valence electrons. The molecular formula is C20H29O4-. The van der Waals surface area contributed by atoms with Crippen molar-refractivity contribution < 1.29 is 19.8 Å². The maximum Gasteiger partial charge on any atom is 0.181 e. The summed E-state index contributed by atoms with van der Waals surface area (Å²) in [5.74, 6) is -0.917. The van der Waals surface area contributed by atoms with Crippen molar-refractivity contribution >= 4 is 11.8 Å². The lowest BCUT2D eigenvalue weighted by molar-refractivity contribution is -0.305.